The molecule has 4 heteroatoms. The predicted molar refractivity (Wildman–Crippen MR) is 10.4 cm³/mol. The molecule has 0 saturated carbocycles. The fourth-order valence-electron chi connectivity index (χ4n) is 0. The summed E-state index contributed by atoms with van der Waals surface area (Å²) in [5.74, 6) is 0. The van der Waals surface area contributed by atoms with Gasteiger partial charge in [0, 0.05) is 21.1 Å². The molecule has 0 aliphatic heterocycles. The number of halogens is 2. The summed E-state index contributed by atoms with van der Waals surface area (Å²) < 4.78 is 0. The van der Waals surface area contributed by atoms with Crippen molar-refractivity contribution in [3.63, 3.8) is 0 Å². The third-order valence-corrected chi connectivity index (χ3v) is 0. The van der Waals surface area contributed by atoms with Gasteiger partial charge >= 0.3 is 0 Å². The fraction of sp³-hybridized carbons (Fsp3) is 0. The predicted octanol–water partition coefficient (Wildman–Crippen LogP) is -5.88. The Kier molecular flexibility index (Phi) is 936. The second kappa shape index (κ2) is 40.6. The smallest absolute Gasteiger partial charge is 0 e. The minimum atomic E-state index is 0. The first-order chi connectivity index (χ1) is 0. The molecule has 0 amide bonds. The summed E-state index contributed by atoms with van der Waals surface area (Å²) in [6.07, 6.45) is 0. The van der Waals surface area contributed by atoms with E-state index in [1.54, 1.807) is 0 Å². The zero-order valence-electron chi connectivity index (χ0n) is 1.66. The van der Waals surface area contributed by atoms with Gasteiger partial charge in [-0.15, -0.1) is 0 Å². The van der Waals surface area contributed by atoms with Gasteiger partial charge in [-0.3, -0.25) is 0 Å². The van der Waals surface area contributed by atoms with Gasteiger partial charge in [-0.25, -0.2) is 0 Å². The molecule has 0 fully saturated rings. The summed E-state index contributed by atoms with van der Waals surface area (Å²) in [5.41, 5.74) is 0. The normalized spacial score (nSPS) is 0. The topological polar surface area (TPSA) is 0 Å². The van der Waals surface area contributed by atoms with Crippen LogP contribution in [0.4, 0.5) is 0 Å². The van der Waals surface area contributed by atoms with E-state index in [4.69, 9.17) is 0 Å². The summed E-state index contributed by atoms with van der Waals surface area (Å²) in [5, 5.41) is 0. The van der Waals surface area contributed by atoms with Gasteiger partial charge in [-0.2, -0.15) is 13.5 Å². The zero-order chi connectivity index (χ0) is 0. The quantitative estimate of drug-likeness (QED) is 0.405. The third kappa shape index (κ3) is 12.9. The van der Waals surface area contributed by atoms with Crippen LogP contribution in [0.5, 0.6) is 0 Å². The standard InChI is InChI=1S/2FH.H2S.W/h2*1H;1H2;/p-2. The van der Waals surface area contributed by atoms with Gasteiger partial charge in [0.25, 0.3) is 0 Å². The summed E-state index contributed by atoms with van der Waals surface area (Å²) in [6.45, 7) is 0. The van der Waals surface area contributed by atoms with Crippen molar-refractivity contribution < 1.29 is 30.5 Å². The van der Waals surface area contributed by atoms with Crippen LogP contribution in [-0.2, 0) is 21.1 Å². The second-order valence-corrected chi connectivity index (χ2v) is 0. The monoisotopic (exact) mass is 256 g/mol. The van der Waals surface area contributed by atoms with Gasteiger partial charge in [-0.1, -0.05) is 0 Å². The van der Waals surface area contributed by atoms with Crippen LogP contribution in [-0.4, -0.2) is 0 Å². The molecule has 0 spiro atoms. The van der Waals surface area contributed by atoms with E-state index in [1.807, 2.05) is 0 Å². The van der Waals surface area contributed by atoms with Crippen LogP contribution < -0.4 is 9.41 Å². The van der Waals surface area contributed by atoms with Crippen LogP contribution in [0, 0.1) is 0 Å². The van der Waals surface area contributed by atoms with Crippen molar-refractivity contribution in [1.82, 2.24) is 0 Å². The molecule has 0 bridgehead atoms. The van der Waals surface area contributed by atoms with E-state index in [9.17, 15) is 0 Å². The molecule has 0 aromatic rings. The molecule has 0 aliphatic carbocycles. The Morgan fingerprint density at radius 1 is 0.750 bits per heavy atom. The van der Waals surface area contributed by atoms with Gasteiger partial charge in [0.2, 0.25) is 0 Å². The molecule has 0 aliphatic rings. The maximum absolute atomic E-state index is 0. The summed E-state index contributed by atoms with van der Waals surface area (Å²) >= 11 is 0. The molecule has 0 atom stereocenters. The van der Waals surface area contributed by atoms with E-state index < -0.39 is 0 Å². The van der Waals surface area contributed by atoms with Gasteiger partial charge in [-0.05, 0) is 0 Å². The van der Waals surface area contributed by atoms with Crippen molar-refractivity contribution in [3.8, 4) is 0 Å². The SMILES string of the molecule is S.[F-].[F-].[W]. The van der Waals surface area contributed by atoms with E-state index in [0.29, 0.717) is 0 Å². The first kappa shape index (κ1) is 92.2. The van der Waals surface area contributed by atoms with Crippen LogP contribution in [0.2, 0.25) is 0 Å². The molecule has 0 saturated heterocycles. The molecule has 4 heavy (non-hydrogen) atoms. The van der Waals surface area contributed by atoms with Crippen molar-refractivity contribution in [1.29, 1.82) is 0 Å². The Bertz CT molecular complexity index is 6.00. The molecule has 0 aromatic carbocycles. The van der Waals surface area contributed by atoms with Crippen LogP contribution >= 0.6 is 13.5 Å². The summed E-state index contributed by atoms with van der Waals surface area (Å²) in [6, 6.07) is 0. The van der Waals surface area contributed by atoms with Crippen molar-refractivity contribution >= 4 is 13.5 Å². The van der Waals surface area contributed by atoms with E-state index in [0.717, 1.165) is 0 Å². The average Bonchev–Trinajstić information content (AvgIpc) is 0. The Morgan fingerprint density at radius 3 is 0.750 bits per heavy atom. The molecule has 0 unspecified atom stereocenters. The fourth-order valence-corrected chi connectivity index (χ4v) is 0. The van der Waals surface area contributed by atoms with E-state index in [1.165, 1.54) is 0 Å². The molecule has 0 aromatic heterocycles. The summed E-state index contributed by atoms with van der Waals surface area (Å²) in [4.78, 5) is 0. The molecule has 0 N–H and O–H groups in total. The average molecular weight is 256 g/mol. The first-order valence-corrected chi connectivity index (χ1v) is 0. The Hall–Kier alpha value is 0.898. The van der Waals surface area contributed by atoms with Gasteiger partial charge in [0.15, 0.2) is 0 Å². The van der Waals surface area contributed by atoms with E-state index in [-0.39, 0.29) is 44.0 Å². The Labute approximate surface area is 44.4 Å². The number of hydrogen-bond donors (Lipinski definition) is 0. The van der Waals surface area contributed by atoms with Crippen LogP contribution in [0.25, 0.3) is 0 Å². The maximum atomic E-state index is 0. The number of hydrogen-bond acceptors (Lipinski definition) is 0. The zero-order valence-corrected chi connectivity index (χ0v) is 5.60. The first-order valence-electron chi connectivity index (χ1n) is 0. The Morgan fingerprint density at radius 2 is 0.750 bits per heavy atom. The molecule has 0 heterocycles. The number of rotatable bonds is 0. The summed E-state index contributed by atoms with van der Waals surface area (Å²) in [7, 11) is 0. The van der Waals surface area contributed by atoms with Crippen molar-refractivity contribution in [2.75, 3.05) is 0 Å². The molecule has 0 radical (unpaired) electrons. The Balaban J connectivity index is 0. The minimum Gasteiger partial charge on any atom is -1.00 e. The van der Waals surface area contributed by atoms with E-state index >= 15 is 0 Å². The molecule has 0 nitrogen and oxygen atoms in total. The van der Waals surface area contributed by atoms with Crippen LogP contribution in [0.3, 0.4) is 0 Å². The van der Waals surface area contributed by atoms with Gasteiger partial charge in [0.1, 0.15) is 0 Å². The van der Waals surface area contributed by atoms with Crippen LogP contribution in [0.1, 0.15) is 0 Å². The third-order valence-electron chi connectivity index (χ3n) is 0. The molecule has 0 rings (SSSR count). The largest absolute Gasteiger partial charge is 1.00 e. The minimum absolute atomic E-state index is 0. The van der Waals surface area contributed by atoms with Crippen molar-refractivity contribution in [2.24, 2.45) is 0 Å². The van der Waals surface area contributed by atoms with Gasteiger partial charge < -0.3 is 9.41 Å². The van der Waals surface area contributed by atoms with Crippen LogP contribution in [0.15, 0.2) is 0 Å². The maximum Gasteiger partial charge on any atom is 0 e. The second-order valence-electron chi connectivity index (χ2n) is 0. The van der Waals surface area contributed by atoms with E-state index in [2.05, 4.69) is 0 Å². The van der Waals surface area contributed by atoms with Crippen molar-refractivity contribution in [2.45, 2.75) is 0 Å². The van der Waals surface area contributed by atoms with Gasteiger partial charge in [0.05, 0.1) is 0 Å². The van der Waals surface area contributed by atoms with Crippen molar-refractivity contribution in [3.05, 3.63) is 0 Å². The molecular weight excluding hydrogens is 254 g/mol. The molecule has 30 valence electrons. The molecular formula is H2F2SW-2.